The summed E-state index contributed by atoms with van der Waals surface area (Å²) in [5.74, 6) is 5.51. The Hall–Kier alpha value is -4.15. The number of rotatable bonds is 5. The molecule has 2 aromatic heterocycles. The van der Waals surface area contributed by atoms with E-state index < -0.39 is 17.7 Å². The fourth-order valence-corrected chi connectivity index (χ4v) is 3.78. The van der Waals surface area contributed by atoms with Gasteiger partial charge in [0, 0.05) is 34.8 Å². The van der Waals surface area contributed by atoms with Gasteiger partial charge in [-0.1, -0.05) is 47.3 Å². The molecule has 2 N–H and O–H groups in total. The average Bonchev–Trinajstić information content (AvgIpc) is 3.25. The van der Waals surface area contributed by atoms with E-state index in [0.717, 1.165) is 27.8 Å². The third-order valence-corrected chi connectivity index (χ3v) is 5.21. The number of amides is 1. The number of nitrogens with one attached hydrogen (secondary N) is 1. The molecule has 0 radical (unpaired) electrons. The molecule has 0 spiro atoms. The molecule has 4 aromatic rings. The van der Waals surface area contributed by atoms with Crippen LogP contribution in [0.3, 0.4) is 0 Å². The summed E-state index contributed by atoms with van der Waals surface area (Å²) < 4.78 is 11.2. The SMILES string of the molecule is CC(C)(C)OC(=O)N[C@@H](Cc1ccccn1)c1ccccc1-c1noc2cc(C#CCO)ccc12. The summed E-state index contributed by atoms with van der Waals surface area (Å²) >= 11 is 0. The highest BCUT2D eigenvalue weighted by atomic mass is 16.6. The van der Waals surface area contributed by atoms with Crippen LogP contribution < -0.4 is 5.32 Å². The lowest BCUT2D eigenvalue weighted by molar-refractivity contribution is 0.0503. The molecule has 1 amide bonds. The van der Waals surface area contributed by atoms with E-state index in [1.807, 2.05) is 75.4 Å². The fraction of sp³-hybridized carbons (Fsp3) is 0.250. The number of aliphatic hydroxyl groups is 1. The maximum atomic E-state index is 12.7. The van der Waals surface area contributed by atoms with Gasteiger partial charge in [0.25, 0.3) is 0 Å². The number of fused-ring (bicyclic) bond motifs is 1. The molecular formula is C28H27N3O4. The summed E-state index contributed by atoms with van der Waals surface area (Å²) in [4.78, 5) is 17.2. The van der Waals surface area contributed by atoms with Crippen molar-refractivity contribution in [1.29, 1.82) is 0 Å². The van der Waals surface area contributed by atoms with Crippen LogP contribution in [0.4, 0.5) is 4.79 Å². The highest BCUT2D eigenvalue weighted by Crippen LogP contribution is 2.34. The number of carbonyl (C=O) groups excluding carboxylic acids is 1. The minimum Gasteiger partial charge on any atom is -0.444 e. The van der Waals surface area contributed by atoms with Crippen molar-refractivity contribution in [3.8, 4) is 23.1 Å². The Balaban J connectivity index is 1.75. The molecule has 178 valence electrons. The van der Waals surface area contributed by atoms with Gasteiger partial charge in [-0.05, 0) is 56.7 Å². The Bertz CT molecular complexity index is 1380. The molecule has 4 rings (SSSR count). The summed E-state index contributed by atoms with van der Waals surface area (Å²) in [5, 5.41) is 17.1. The number of pyridine rings is 1. The largest absolute Gasteiger partial charge is 0.444 e. The maximum absolute atomic E-state index is 12.7. The predicted molar refractivity (Wildman–Crippen MR) is 133 cm³/mol. The second kappa shape index (κ2) is 10.4. The first-order valence-corrected chi connectivity index (χ1v) is 11.3. The molecule has 7 nitrogen and oxygen atoms in total. The summed E-state index contributed by atoms with van der Waals surface area (Å²) in [7, 11) is 0. The summed E-state index contributed by atoms with van der Waals surface area (Å²) in [6.45, 7) is 5.27. The molecule has 0 saturated carbocycles. The van der Waals surface area contributed by atoms with Gasteiger partial charge in [0.05, 0.1) is 6.04 Å². The van der Waals surface area contributed by atoms with Gasteiger partial charge in [0.15, 0.2) is 5.58 Å². The lowest BCUT2D eigenvalue weighted by atomic mass is 9.93. The van der Waals surface area contributed by atoms with Crippen LogP contribution in [0.1, 0.15) is 43.6 Å². The van der Waals surface area contributed by atoms with E-state index in [9.17, 15) is 4.79 Å². The lowest BCUT2D eigenvalue weighted by Gasteiger charge is -2.25. The molecule has 0 aliphatic carbocycles. The van der Waals surface area contributed by atoms with Crippen LogP contribution in [0.15, 0.2) is 71.4 Å². The van der Waals surface area contributed by atoms with Gasteiger partial charge in [0.2, 0.25) is 0 Å². The Labute approximate surface area is 204 Å². The molecule has 2 aromatic carbocycles. The minimum absolute atomic E-state index is 0.213. The van der Waals surface area contributed by atoms with E-state index in [1.165, 1.54) is 0 Å². The Kier molecular flexibility index (Phi) is 7.14. The van der Waals surface area contributed by atoms with E-state index in [-0.39, 0.29) is 6.61 Å². The fourth-order valence-electron chi connectivity index (χ4n) is 3.78. The number of carbonyl (C=O) groups is 1. The zero-order chi connectivity index (χ0) is 24.8. The lowest BCUT2D eigenvalue weighted by Crippen LogP contribution is -2.36. The quantitative estimate of drug-likeness (QED) is 0.397. The molecule has 1 atom stereocenters. The van der Waals surface area contributed by atoms with Crippen molar-refractivity contribution >= 4 is 17.1 Å². The van der Waals surface area contributed by atoms with Crippen LogP contribution in [-0.2, 0) is 11.2 Å². The van der Waals surface area contributed by atoms with Crippen LogP contribution >= 0.6 is 0 Å². The topological polar surface area (TPSA) is 97.5 Å². The number of ether oxygens (including phenoxy) is 1. The van der Waals surface area contributed by atoms with Gasteiger partial charge in [0.1, 0.15) is 17.9 Å². The molecule has 0 unspecified atom stereocenters. The van der Waals surface area contributed by atoms with Gasteiger partial charge < -0.3 is 19.7 Å². The van der Waals surface area contributed by atoms with Crippen LogP contribution in [-0.4, -0.2) is 33.5 Å². The van der Waals surface area contributed by atoms with Gasteiger partial charge in [-0.15, -0.1) is 0 Å². The van der Waals surface area contributed by atoms with Crippen molar-refractivity contribution in [2.24, 2.45) is 0 Å². The summed E-state index contributed by atoms with van der Waals surface area (Å²) in [6.07, 6.45) is 1.69. The number of alkyl carbamates (subject to hydrolysis) is 1. The molecule has 0 bridgehead atoms. The first-order valence-electron chi connectivity index (χ1n) is 11.3. The normalized spacial score (nSPS) is 12.0. The number of aliphatic hydroxyl groups excluding tert-OH is 1. The predicted octanol–water partition coefficient (Wildman–Crippen LogP) is 5.04. The van der Waals surface area contributed by atoms with E-state index in [4.69, 9.17) is 14.4 Å². The van der Waals surface area contributed by atoms with E-state index >= 15 is 0 Å². The van der Waals surface area contributed by atoms with Crippen LogP contribution in [0.2, 0.25) is 0 Å². The van der Waals surface area contributed by atoms with Gasteiger partial charge >= 0.3 is 6.09 Å². The highest BCUT2D eigenvalue weighted by molar-refractivity contribution is 5.93. The third-order valence-electron chi connectivity index (χ3n) is 5.21. The first kappa shape index (κ1) is 24.0. The van der Waals surface area contributed by atoms with Crippen molar-refractivity contribution in [2.45, 2.75) is 38.8 Å². The van der Waals surface area contributed by atoms with Crippen LogP contribution in [0, 0.1) is 11.8 Å². The van der Waals surface area contributed by atoms with Crippen LogP contribution in [0.25, 0.3) is 22.2 Å². The molecule has 0 fully saturated rings. The van der Waals surface area contributed by atoms with Crippen molar-refractivity contribution in [1.82, 2.24) is 15.5 Å². The molecule has 0 saturated heterocycles. The first-order chi connectivity index (χ1) is 16.8. The summed E-state index contributed by atoms with van der Waals surface area (Å²) in [5.41, 5.74) is 3.87. The van der Waals surface area contributed by atoms with Crippen LogP contribution in [0.5, 0.6) is 0 Å². The van der Waals surface area contributed by atoms with Crippen molar-refractivity contribution < 1.29 is 19.2 Å². The maximum Gasteiger partial charge on any atom is 0.408 e. The molecule has 7 heteroatoms. The zero-order valence-corrected chi connectivity index (χ0v) is 19.9. The van der Waals surface area contributed by atoms with Crippen molar-refractivity contribution in [2.75, 3.05) is 6.61 Å². The van der Waals surface area contributed by atoms with Gasteiger partial charge in [-0.3, -0.25) is 4.98 Å². The minimum atomic E-state index is -0.627. The van der Waals surface area contributed by atoms with Gasteiger partial charge in [-0.2, -0.15) is 0 Å². The van der Waals surface area contributed by atoms with Gasteiger partial charge in [-0.25, -0.2) is 4.79 Å². The number of hydrogen-bond donors (Lipinski definition) is 2. The standard InChI is InChI=1S/C28H27N3O4/c1-28(2,3)34-27(33)30-24(18-20-10-6-7-15-29-20)21-11-4-5-12-22(21)26-23-14-13-19(9-8-16-32)17-25(23)35-31-26/h4-7,10-15,17,24,32H,16,18H2,1-3H3,(H,30,33)/t24-/m0/s1. The second-order valence-corrected chi connectivity index (χ2v) is 9.01. The smallest absolute Gasteiger partial charge is 0.408 e. The Morgan fingerprint density at radius 2 is 1.94 bits per heavy atom. The van der Waals surface area contributed by atoms with E-state index in [2.05, 4.69) is 27.3 Å². The van der Waals surface area contributed by atoms with Crippen molar-refractivity contribution in [3.63, 3.8) is 0 Å². The monoisotopic (exact) mass is 469 g/mol. The Morgan fingerprint density at radius 1 is 1.14 bits per heavy atom. The number of nitrogens with zero attached hydrogens (tertiary/aromatic N) is 2. The average molecular weight is 470 g/mol. The van der Waals surface area contributed by atoms with E-state index in [1.54, 1.807) is 12.3 Å². The second-order valence-electron chi connectivity index (χ2n) is 9.01. The number of benzene rings is 2. The third kappa shape index (κ3) is 6.05. The molecule has 0 aliphatic rings. The van der Waals surface area contributed by atoms with Crippen molar-refractivity contribution in [3.05, 3.63) is 83.7 Å². The van der Waals surface area contributed by atoms with E-state index in [0.29, 0.717) is 17.7 Å². The zero-order valence-electron chi connectivity index (χ0n) is 19.9. The number of aromatic nitrogens is 2. The highest BCUT2D eigenvalue weighted by Gasteiger charge is 2.25. The molecule has 35 heavy (non-hydrogen) atoms. The molecule has 0 aliphatic heterocycles. The number of hydrogen-bond acceptors (Lipinski definition) is 6. The molecular weight excluding hydrogens is 442 g/mol. The summed E-state index contributed by atoms with van der Waals surface area (Å²) in [6, 6.07) is 18.6. The Morgan fingerprint density at radius 3 is 2.69 bits per heavy atom. The molecule has 2 heterocycles.